The van der Waals surface area contributed by atoms with Gasteiger partial charge in [-0.15, -0.1) is 0 Å². The van der Waals surface area contributed by atoms with Gasteiger partial charge in [-0.25, -0.2) is 9.97 Å². The Morgan fingerprint density at radius 3 is 2.12 bits per heavy atom. The molecule has 21 heteroatoms. The van der Waals surface area contributed by atoms with E-state index in [9.17, 15) is 38.3 Å². The van der Waals surface area contributed by atoms with Crippen molar-refractivity contribution in [1.29, 1.82) is 0 Å². The average Bonchev–Trinajstić information content (AvgIpc) is 3.28. The van der Waals surface area contributed by atoms with Gasteiger partial charge in [0.05, 0.1) is 11.3 Å². The van der Waals surface area contributed by atoms with Crippen LogP contribution in [0.25, 0.3) is 22.5 Å². The molecule has 0 fully saturated rings. The van der Waals surface area contributed by atoms with Gasteiger partial charge in [0.1, 0.15) is 55.2 Å². The first kappa shape index (κ1) is 51.7. The van der Waals surface area contributed by atoms with E-state index in [-0.39, 0.29) is 62.2 Å². The van der Waals surface area contributed by atoms with Gasteiger partial charge in [-0.3, -0.25) is 28.5 Å². The smallest absolute Gasteiger partial charge is 0.344 e. The van der Waals surface area contributed by atoms with E-state index < -0.39 is 67.6 Å². The minimum atomic E-state index is -4.69. The second-order valence-electron chi connectivity index (χ2n) is 17.2. The van der Waals surface area contributed by atoms with Gasteiger partial charge in [0, 0.05) is 49.4 Å². The van der Waals surface area contributed by atoms with E-state index in [0.717, 1.165) is 16.0 Å². The Balaban J connectivity index is 1.56. The predicted octanol–water partition coefficient (Wildman–Crippen LogP) is 1.54. The normalized spacial score (nSPS) is 17.0. The first-order chi connectivity index (χ1) is 31.6. The van der Waals surface area contributed by atoms with Gasteiger partial charge in [0.15, 0.2) is 5.82 Å². The molecule has 0 spiro atoms. The van der Waals surface area contributed by atoms with Crippen LogP contribution in [0.2, 0.25) is 0 Å². The number of rotatable bonds is 16. The molecule has 0 unspecified atom stereocenters. The molecule has 1 aromatic heterocycles. The first-order valence-corrected chi connectivity index (χ1v) is 23.5. The van der Waals surface area contributed by atoms with E-state index in [4.69, 9.17) is 26.7 Å². The second kappa shape index (κ2) is 22.5. The first-order valence-electron chi connectivity index (χ1n) is 21.7. The Bertz CT molecular complexity index is 2490. The quantitative estimate of drug-likeness (QED) is 0.0720. The highest BCUT2D eigenvalue weighted by Gasteiger charge is 2.36. The van der Waals surface area contributed by atoms with Crippen molar-refractivity contribution in [2.75, 3.05) is 46.2 Å². The summed E-state index contributed by atoms with van der Waals surface area (Å²) in [4.78, 5) is 99.4. The third-order valence-corrected chi connectivity index (χ3v) is 11.5. The molecular weight excluding hydrogens is 884 g/mol. The number of nitrogens with one attached hydrogen (secondary N) is 4. The van der Waals surface area contributed by atoms with Crippen molar-refractivity contribution < 1.29 is 47.8 Å². The van der Waals surface area contributed by atoms with Gasteiger partial charge in [-0.2, -0.15) is 0 Å². The highest BCUT2D eigenvalue weighted by molar-refractivity contribution is 7.51. The Hall–Kier alpha value is -6.28. The highest BCUT2D eigenvalue weighted by atomic mass is 31.2. The summed E-state index contributed by atoms with van der Waals surface area (Å²) in [6.07, 6.45) is 0.212. The van der Waals surface area contributed by atoms with E-state index >= 15 is 0 Å². The van der Waals surface area contributed by atoms with Gasteiger partial charge in [0.25, 0.3) is 5.91 Å². The lowest BCUT2D eigenvalue weighted by Crippen LogP contribution is -2.56. The second-order valence-corrected chi connectivity index (χ2v) is 18.8. The fourth-order valence-corrected chi connectivity index (χ4v) is 7.73. The van der Waals surface area contributed by atoms with Gasteiger partial charge >= 0.3 is 7.60 Å². The molecule has 4 atom stereocenters. The van der Waals surface area contributed by atoms with Crippen molar-refractivity contribution >= 4 is 37.1 Å². The Morgan fingerprint density at radius 1 is 0.910 bits per heavy atom. The number of amides is 5. The van der Waals surface area contributed by atoms with Crippen molar-refractivity contribution in [2.24, 2.45) is 17.2 Å². The molecule has 4 bridgehead atoms. The Labute approximate surface area is 389 Å². The van der Waals surface area contributed by atoms with Crippen molar-refractivity contribution in [3.63, 3.8) is 0 Å². The van der Waals surface area contributed by atoms with E-state index in [1.807, 2.05) is 24.3 Å². The summed E-state index contributed by atoms with van der Waals surface area (Å²) in [5, 5.41) is 10.2. The number of ether oxygens (including phenoxy) is 2. The fourth-order valence-electron chi connectivity index (χ4n) is 7.37. The molecule has 0 saturated carbocycles. The fraction of sp³-hybridized carbons (Fsp3) is 0.413. The molecule has 0 aliphatic carbocycles. The Kier molecular flexibility index (Phi) is 17.3. The molecule has 0 saturated heterocycles. The average molecular weight is 945 g/mol. The van der Waals surface area contributed by atoms with Crippen molar-refractivity contribution in [1.82, 2.24) is 36.1 Å². The molecule has 20 nitrogen and oxygen atoms in total. The number of hydrogen-bond acceptors (Lipinski definition) is 13. The SMILES string of the molecule is Cc1nc(-c2ccc(C(C)(C)C)cc2)ncc1C(=O)N[C@@H](CCN)C(=O)N(C)[C@@H]1C(=O)N[C@@H](C)C(=O)N[C@H](C(=O)NCP(=O)(O)O)Cc2ccc(OCCN)c(c2)-c2cc1ccc2OCCN. The number of hydrogen-bond donors (Lipinski definition) is 9. The van der Waals surface area contributed by atoms with Gasteiger partial charge in [0.2, 0.25) is 23.6 Å². The minimum Gasteiger partial charge on any atom is -0.492 e. The summed E-state index contributed by atoms with van der Waals surface area (Å²) in [7, 11) is -3.31. The molecule has 12 N–H and O–H groups in total. The maximum Gasteiger partial charge on any atom is 0.344 e. The predicted molar refractivity (Wildman–Crippen MR) is 251 cm³/mol. The molecule has 1 aliphatic heterocycles. The monoisotopic (exact) mass is 944 g/mol. The third kappa shape index (κ3) is 13.4. The number of carbonyl (C=O) groups excluding carboxylic acids is 5. The van der Waals surface area contributed by atoms with Gasteiger partial charge in [-0.1, -0.05) is 57.2 Å². The van der Waals surface area contributed by atoms with Gasteiger partial charge in [-0.05, 0) is 73.2 Å². The maximum atomic E-state index is 14.7. The van der Waals surface area contributed by atoms with Gasteiger partial charge < -0.3 is 62.6 Å². The number of nitrogens with two attached hydrogens (primary N) is 3. The van der Waals surface area contributed by atoms with Crippen LogP contribution < -0.4 is 47.9 Å². The molecule has 360 valence electrons. The number of fused-ring (bicyclic) bond motifs is 5. The lowest BCUT2D eigenvalue weighted by molar-refractivity contribution is -0.141. The van der Waals surface area contributed by atoms with E-state index in [2.05, 4.69) is 52.0 Å². The third-order valence-electron chi connectivity index (χ3n) is 11.0. The topological polar surface area (TPSA) is 317 Å². The summed E-state index contributed by atoms with van der Waals surface area (Å²) < 4.78 is 23.8. The van der Waals surface area contributed by atoms with Crippen molar-refractivity contribution in [3.8, 4) is 34.0 Å². The van der Waals surface area contributed by atoms with E-state index in [0.29, 0.717) is 39.7 Å². The molecule has 67 heavy (non-hydrogen) atoms. The van der Waals surface area contributed by atoms with Crippen LogP contribution in [0.1, 0.15) is 72.9 Å². The molecule has 3 aromatic carbocycles. The lowest BCUT2D eigenvalue weighted by atomic mass is 9.87. The number of carbonyl (C=O) groups is 5. The van der Waals surface area contributed by atoms with E-state index in [1.165, 1.54) is 20.2 Å². The summed E-state index contributed by atoms with van der Waals surface area (Å²) in [5.41, 5.74) is 21.5. The largest absolute Gasteiger partial charge is 0.492 e. The standard InChI is InChI=1S/C46H61N10O10P/c1-26-34(24-50-40(52-26)29-8-11-31(12-9-29)46(3,4)5)42(58)54-35(15-16-47)45(61)56(6)39-30-10-14-38(66-20-18-49)33(23-30)32-21-28(7-13-37(32)65-19-17-48)22-36(43(59)51-25-67(62,63)64)55-41(57)27(2)53-44(39)60/h7-14,21,23-24,27,35-36,39H,15-20,22,25,47-49H2,1-6H3,(H,51,59)(H,53,60)(H,54,58)(H,55,57)(H2,62,63,64)/t27-,35-,36-,39-/m0/s1. The molecule has 5 amide bonds. The molecule has 0 radical (unpaired) electrons. The number of aromatic nitrogens is 2. The zero-order valence-corrected chi connectivity index (χ0v) is 39.4. The summed E-state index contributed by atoms with van der Waals surface area (Å²) in [5.74, 6) is -2.83. The van der Waals surface area contributed by atoms with Crippen LogP contribution in [0.3, 0.4) is 0 Å². The number of aryl methyl sites for hydroxylation is 1. The zero-order chi connectivity index (χ0) is 49.2. The van der Waals surface area contributed by atoms with Crippen LogP contribution >= 0.6 is 7.60 Å². The van der Waals surface area contributed by atoms with Crippen LogP contribution in [0.15, 0.2) is 66.9 Å². The highest BCUT2D eigenvalue weighted by Crippen LogP contribution is 2.40. The van der Waals surface area contributed by atoms with Crippen LogP contribution in [0.4, 0.5) is 0 Å². The van der Waals surface area contributed by atoms with E-state index in [1.54, 1.807) is 43.3 Å². The molecule has 4 aromatic rings. The lowest BCUT2D eigenvalue weighted by Gasteiger charge is -2.32. The maximum absolute atomic E-state index is 14.7. The van der Waals surface area contributed by atoms with Crippen LogP contribution in [-0.4, -0.2) is 118 Å². The summed E-state index contributed by atoms with van der Waals surface area (Å²) in [6, 6.07) is 12.2. The Morgan fingerprint density at radius 2 is 1.54 bits per heavy atom. The van der Waals surface area contributed by atoms with Crippen LogP contribution in [0, 0.1) is 6.92 Å². The minimum absolute atomic E-state index is 0.0281. The number of benzene rings is 3. The van der Waals surface area contributed by atoms with Crippen LogP contribution in [0.5, 0.6) is 11.5 Å². The zero-order valence-electron chi connectivity index (χ0n) is 38.5. The summed E-state index contributed by atoms with van der Waals surface area (Å²) >= 11 is 0. The number of likely N-dealkylation sites (N-methyl/N-ethyl adjacent to an activating group) is 1. The molecule has 5 rings (SSSR count). The number of nitrogens with zero attached hydrogens (tertiary/aromatic N) is 3. The van der Waals surface area contributed by atoms with Crippen molar-refractivity contribution in [2.45, 2.75) is 77.0 Å². The van der Waals surface area contributed by atoms with Crippen LogP contribution in [-0.2, 0) is 35.6 Å². The summed E-state index contributed by atoms with van der Waals surface area (Å²) in [6.45, 7) is 9.84. The molecular formula is C46H61N10O10P. The van der Waals surface area contributed by atoms with Crippen molar-refractivity contribution in [3.05, 3.63) is 94.8 Å². The molecule has 1 aliphatic rings. The molecule has 2 heterocycles.